The van der Waals surface area contributed by atoms with Gasteiger partial charge in [0.1, 0.15) is 5.82 Å². The van der Waals surface area contributed by atoms with Crippen molar-refractivity contribution in [1.82, 2.24) is 10.2 Å². The monoisotopic (exact) mass is 336 g/mol. The first-order valence-corrected chi connectivity index (χ1v) is 7.76. The zero-order chi connectivity index (χ0) is 17.8. The summed E-state index contributed by atoms with van der Waals surface area (Å²) in [6.07, 6.45) is 0. The van der Waals surface area contributed by atoms with Gasteiger partial charge in [-0.3, -0.25) is 4.79 Å². The Morgan fingerprint density at radius 2 is 1.68 bits per heavy atom. The van der Waals surface area contributed by atoms with Crippen LogP contribution in [0.2, 0.25) is 0 Å². The molecule has 2 N–H and O–H groups in total. The molecule has 2 aromatic carbocycles. The van der Waals surface area contributed by atoms with E-state index in [-0.39, 0.29) is 5.56 Å². The molecule has 1 heterocycles. The summed E-state index contributed by atoms with van der Waals surface area (Å²) in [5.74, 6) is -0.0535. The van der Waals surface area contributed by atoms with Crippen LogP contribution in [0.25, 0.3) is 0 Å². The maximum absolute atomic E-state index is 13.2. The number of benzene rings is 2. The molecule has 0 aliphatic rings. The van der Waals surface area contributed by atoms with Crippen LogP contribution >= 0.6 is 0 Å². The molecule has 0 aliphatic heterocycles. The third-order valence-electron chi connectivity index (χ3n) is 3.77. The van der Waals surface area contributed by atoms with Crippen LogP contribution in [0.15, 0.2) is 54.6 Å². The van der Waals surface area contributed by atoms with Gasteiger partial charge in [-0.25, -0.2) is 4.39 Å². The second-order valence-electron chi connectivity index (χ2n) is 5.69. The van der Waals surface area contributed by atoms with Crippen LogP contribution in [0, 0.1) is 19.7 Å². The van der Waals surface area contributed by atoms with Crippen molar-refractivity contribution in [2.75, 3.05) is 10.6 Å². The van der Waals surface area contributed by atoms with Gasteiger partial charge in [0.25, 0.3) is 5.91 Å². The minimum atomic E-state index is -0.466. The lowest BCUT2D eigenvalue weighted by Gasteiger charge is -2.08. The summed E-state index contributed by atoms with van der Waals surface area (Å²) >= 11 is 0. The molecule has 5 nitrogen and oxygen atoms in total. The Kier molecular flexibility index (Phi) is 4.70. The number of hydrogen-bond donors (Lipinski definition) is 2. The van der Waals surface area contributed by atoms with E-state index in [9.17, 15) is 9.18 Å². The average molecular weight is 336 g/mol. The molecule has 3 rings (SSSR count). The molecule has 0 bridgehead atoms. The first-order valence-electron chi connectivity index (χ1n) is 7.76. The molecule has 0 fully saturated rings. The van der Waals surface area contributed by atoms with Crippen molar-refractivity contribution < 1.29 is 9.18 Å². The number of nitrogens with zero attached hydrogens (tertiary/aromatic N) is 2. The highest BCUT2D eigenvalue weighted by molar-refractivity contribution is 6.03. The molecule has 0 radical (unpaired) electrons. The molecule has 0 unspecified atom stereocenters. The molecule has 0 saturated carbocycles. The summed E-state index contributed by atoms with van der Waals surface area (Å²) in [4.78, 5) is 12.1. The van der Waals surface area contributed by atoms with Gasteiger partial charge >= 0.3 is 0 Å². The third-order valence-corrected chi connectivity index (χ3v) is 3.77. The highest BCUT2D eigenvalue weighted by atomic mass is 19.1. The van der Waals surface area contributed by atoms with Gasteiger partial charge < -0.3 is 10.6 Å². The van der Waals surface area contributed by atoms with E-state index in [1.807, 2.05) is 25.1 Å². The summed E-state index contributed by atoms with van der Waals surface area (Å²) in [5.41, 5.74) is 3.53. The normalized spacial score (nSPS) is 10.4. The molecule has 0 spiro atoms. The molecule has 126 valence electrons. The quantitative estimate of drug-likeness (QED) is 0.748. The fourth-order valence-electron chi connectivity index (χ4n) is 2.25. The third kappa shape index (κ3) is 4.17. The predicted molar refractivity (Wildman–Crippen MR) is 95.6 cm³/mol. The molecule has 6 heteroatoms. The van der Waals surface area contributed by atoms with E-state index in [2.05, 4.69) is 27.8 Å². The summed E-state index contributed by atoms with van der Waals surface area (Å²) in [5, 5.41) is 13.7. The van der Waals surface area contributed by atoms with Gasteiger partial charge in [-0.05, 0) is 67.4 Å². The number of carbonyl (C=O) groups is 1. The number of rotatable bonds is 4. The van der Waals surface area contributed by atoms with Crippen molar-refractivity contribution in [1.29, 1.82) is 0 Å². The smallest absolute Gasteiger partial charge is 0.256 e. The number of carbonyl (C=O) groups excluding carboxylic acids is 1. The van der Waals surface area contributed by atoms with Crippen molar-refractivity contribution in [3.05, 3.63) is 77.1 Å². The second kappa shape index (κ2) is 7.09. The number of nitrogens with one attached hydrogen (secondary N) is 2. The standard InChI is InChI=1S/C19H17FN4O/c1-12-6-7-16(10-13(12)2)21-17-8-9-18(24-23-17)22-19(25)14-4-3-5-15(20)11-14/h3-11H,1-2H3,(H,21,23)(H,22,24,25). The first-order chi connectivity index (χ1) is 12.0. The van der Waals surface area contributed by atoms with E-state index in [0.29, 0.717) is 11.6 Å². The lowest BCUT2D eigenvalue weighted by Crippen LogP contribution is -2.13. The number of aryl methyl sites for hydroxylation is 2. The molecule has 0 aliphatic carbocycles. The van der Waals surface area contributed by atoms with Gasteiger partial charge in [0.15, 0.2) is 11.6 Å². The summed E-state index contributed by atoms with van der Waals surface area (Å²) < 4.78 is 13.2. The van der Waals surface area contributed by atoms with E-state index in [4.69, 9.17) is 0 Å². The van der Waals surface area contributed by atoms with Crippen LogP contribution in [-0.4, -0.2) is 16.1 Å². The van der Waals surface area contributed by atoms with E-state index >= 15 is 0 Å². The Labute approximate surface area is 144 Å². The number of anilines is 3. The number of aromatic nitrogens is 2. The molecular formula is C19H17FN4O. The molecule has 25 heavy (non-hydrogen) atoms. The van der Waals surface area contributed by atoms with Crippen LogP contribution in [0.4, 0.5) is 21.7 Å². The van der Waals surface area contributed by atoms with Gasteiger partial charge in [0.2, 0.25) is 0 Å². The zero-order valence-electron chi connectivity index (χ0n) is 13.9. The van der Waals surface area contributed by atoms with Crippen molar-refractivity contribution in [3.8, 4) is 0 Å². The Balaban J connectivity index is 1.67. The van der Waals surface area contributed by atoms with Crippen LogP contribution in [0.5, 0.6) is 0 Å². The van der Waals surface area contributed by atoms with E-state index in [1.165, 1.54) is 35.4 Å². The maximum atomic E-state index is 13.2. The van der Waals surface area contributed by atoms with Gasteiger partial charge in [0.05, 0.1) is 0 Å². The molecule has 3 aromatic rings. The molecule has 1 amide bonds. The van der Waals surface area contributed by atoms with Crippen LogP contribution in [0.1, 0.15) is 21.5 Å². The molecule has 0 saturated heterocycles. The number of amides is 1. The van der Waals surface area contributed by atoms with Gasteiger partial charge in [-0.1, -0.05) is 12.1 Å². The Morgan fingerprint density at radius 3 is 2.36 bits per heavy atom. The Bertz CT molecular complexity index is 910. The van der Waals surface area contributed by atoms with Gasteiger partial charge in [-0.15, -0.1) is 10.2 Å². The first kappa shape index (κ1) is 16.6. The van der Waals surface area contributed by atoms with Crippen molar-refractivity contribution >= 4 is 23.2 Å². The minimum Gasteiger partial charge on any atom is -0.339 e. The summed E-state index contributed by atoms with van der Waals surface area (Å²) in [6, 6.07) is 14.8. The zero-order valence-corrected chi connectivity index (χ0v) is 13.9. The Morgan fingerprint density at radius 1 is 0.920 bits per heavy atom. The number of halogens is 1. The average Bonchev–Trinajstić information content (AvgIpc) is 2.60. The van der Waals surface area contributed by atoms with Gasteiger partial charge in [-0.2, -0.15) is 0 Å². The second-order valence-corrected chi connectivity index (χ2v) is 5.69. The fraction of sp³-hybridized carbons (Fsp3) is 0.105. The molecule has 0 atom stereocenters. The van der Waals surface area contributed by atoms with Crippen LogP contribution < -0.4 is 10.6 Å². The van der Waals surface area contributed by atoms with Gasteiger partial charge in [0, 0.05) is 11.3 Å². The van der Waals surface area contributed by atoms with E-state index < -0.39 is 11.7 Å². The molecular weight excluding hydrogens is 319 g/mol. The SMILES string of the molecule is Cc1ccc(Nc2ccc(NC(=O)c3cccc(F)c3)nn2)cc1C. The lowest BCUT2D eigenvalue weighted by molar-refractivity contribution is 0.102. The minimum absolute atomic E-state index is 0.221. The van der Waals surface area contributed by atoms with Crippen molar-refractivity contribution in [2.45, 2.75) is 13.8 Å². The Hall–Kier alpha value is -3.28. The molecule has 1 aromatic heterocycles. The topological polar surface area (TPSA) is 66.9 Å². The van der Waals surface area contributed by atoms with Crippen molar-refractivity contribution in [2.24, 2.45) is 0 Å². The number of hydrogen-bond acceptors (Lipinski definition) is 4. The highest BCUT2D eigenvalue weighted by Gasteiger charge is 2.08. The van der Waals surface area contributed by atoms with Crippen LogP contribution in [0.3, 0.4) is 0 Å². The maximum Gasteiger partial charge on any atom is 0.256 e. The van der Waals surface area contributed by atoms with Crippen molar-refractivity contribution in [3.63, 3.8) is 0 Å². The van der Waals surface area contributed by atoms with E-state index in [1.54, 1.807) is 12.1 Å². The van der Waals surface area contributed by atoms with E-state index in [0.717, 1.165) is 5.69 Å². The fourth-order valence-corrected chi connectivity index (χ4v) is 2.25. The summed E-state index contributed by atoms with van der Waals surface area (Å²) in [6.45, 7) is 4.09. The predicted octanol–water partition coefficient (Wildman–Crippen LogP) is 4.23. The lowest BCUT2D eigenvalue weighted by atomic mass is 10.1. The highest BCUT2D eigenvalue weighted by Crippen LogP contribution is 2.18. The largest absolute Gasteiger partial charge is 0.339 e. The van der Waals surface area contributed by atoms with Crippen LogP contribution in [-0.2, 0) is 0 Å². The summed E-state index contributed by atoms with van der Waals surface area (Å²) in [7, 11) is 0.